The average molecular weight is 313 g/mol. The fourth-order valence-electron chi connectivity index (χ4n) is 2.93. The first kappa shape index (κ1) is 15.7. The number of rotatable bonds is 4. The van der Waals surface area contributed by atoms with Crippen LogP contribution in [0.5, 0.6) is 0 Å². The fraction of sp³-hybridized carbons (Fsp3) is 0.471. The van der Waals surface area contributed by atoms with Gasteiger partial charge in [-0.3, -0.25) is 4.79 Å². The van der Waals surface area contributed by atoms with Crippen molar-refractivity contribution in [2.45, 2.75) is 38.6 Å². The summed E-state index contributed by atoms with van der Waals surface area (Å²) in [5.41, 5.74) is 2.32. The van der Waals surface area contributed by atoms with E-state index in [1.807, 2.05) is 28.9 Å². The van der Waals surface area contributed by atoms with Gasteiger partial charge >= 0.3 is 0 Å². The quantitative estimate of drug-likeness (QED) is 0.910. The van der Waals surface area contributed by atoms with E-state index in [0.29, 0.717) is 17.7 Å². The molecule has 1 aliphatic heterocycles. The number of amides is 1. The summed E-state index contributed by atoms with van der Waals surface area (Å²) in [6.45, 7) is 6.18. The van der Waals surface area contributed by atoms with Crippen LogP contribution in [-0.2, 0) is 0 Å². The Morgan fingerprint density at radius 1 is 1.30 bits per heavy atom. The van der Waals surface area contributed by atoms with Crippen molar-refractivity contribution in [1.29, 1.82) is 0 Å². The van der Waals surface area contributed by atoms with Crippen molar-refractivity contribution in [2.24, 2.45) is 0 Å². The molecule has 2 N–H and O–H groups in total. The zero-order valence-electron chi connectivity index (χ0n) is 13.6. The number of hydrogen-bond acceptors (Lipinski definition) is 4. The van der Waals surface area contributed by atoms with E-state index in [0.717, 1.165) is 37.2 Å². The maximum absolute atomic E-state index is 12.4. The smallest absolute Gasteiger partial charge is 0.277 e. The summed E-state index contributed by atoms with van der Waals surface area (Å²) in [7, 11) is 0. The Balaban J connectivity index is 1.73. The molecular weight excluding hydrogens is 290 g/mol. The van der Waals surface area contributed by atoms with Gasteiger partial charge in [0.05, 0.1) is 12.2 Å². The van der Waals surface area contributed by atoms with Crippen LogP contribution in [0, 0.1) is 0 Å². The highest BCUT2D eigenvalue weighted by molar-refractivity contribution is 6.03. The molecule has 0 saturated carbocycles. The highest BCUT2D eigenvalue weighted by Gasteiger charge is 2.19. The van der Waals surface area contributed by atoms with Crippen molar-refractivity contribution in [3.05, 3.63) is 41.7 Å². The van der Waals surface area contributed by atoms with Crippen LogP contribution in [0.25, 0.3) is 0 Å². The van der Waals surface area contributed by atoms with Gasteiger partial charge in [-0.05, 0) is 43.5 Å². The molecule has 0 unspecified atom stereocenters. The van der Waals surface area contributed by atoms with Crippen LogP contribution in [0.1, 0.15) is 54.7 Å². The van der Waals surface area contributed by atoms with E-state index < -0.39 is 0 Å². The molecule has 0 spiro atoms. The molecule has 23 heavy (non-hydrogen) atoms. The van der Waals surface area contributed by atoms with E-state index in [1.54, 1.807) is 6.20 Å². The van der Waals surface area contributed by atoms with Gasteiger partial charge < -0.3 is 10.6 Å². The van der Waals surface area contributed by atoms with Crippen LogP contribution in [-0.4, -0.2) is 34.0 Å². The van der Waals surface area contributed by atoms with Crippen LogP contribution in [0.4, 0.5) is 5.69 Å². The summed E-state index contributed by atoms with van der Waals surface area (Å²) in [5, 5.41) is 14.5. The summed E-state index contributed by atoms with van der Waals surface area (Å²) >= 11 is 0. The minimum Gasteiger partial charge on any atom is -0.320 e. The topological polar surface area (TPSA) is 71.8 Å². The molecule has 6 heteroatoms. The van der Waals surface area contributed by atoms with Gasteiger partial charge in [0.25, 0.3) is 5.91 Å². The molecule has 0 aliphatic carbocycles. The molecule has 2 heterocycles. The lowest BCUT2D eigenvalue weighted by Gasteiger charge is -2.22. The molecule has 1 aliphatic rings. The first-order valence-electron chi connectivity index (χ1n) is 8.18. The minimum absolute atomic E-state index is 0.210. The molecule has 122 valence electrons. The molecule has 1 aromatic carbocycles. The van der Waals surface area contributed by atoms with Crippen LogP contribution < -0.4 is 10.6 Å². The predicted molar refractivity (Wildman–Crippen MR) is 89.6 cm³/mol. The lowest BCUT2D eigenvalue weighted by atomic mass is 10.0. The number of hydrogen-bond donors (Lipinski definition) is 2. The monoisotopic (exact) mass is 313 g/mol. The van der Waals surface area contributed by atoms with Gasteiger partial charge in [0.1, 0.15) is 0 Å². The molecule has 1 saturated heterocycles. The van der Waals surface area contributed by atoms with Gasteiger partial charge in [-0.1, -0.05) is 37.3 Å². The number of nitrogens with one attached hydrogen (secondary N) is 2. The fourth-order valence-corrected chi connectivity index (χ4v) is 2.93. The molecule has 3 rings (SSSR count). The van der Waals surface area contributed by atoms with Crippen LogP contribution in [0.15, 0.2) is 30.5 Å². The summed E-state index contributed by atoms with van der Waals surface area (Å²) < 4.78 is 1.82. The number of carbonyl (C=O) groups is 1. The first-order valence-corrected chi connectivity index (χ1v) is 8.18. The van der Waals surface area contributed by atoms with E-state index in [-0.39, 0.29) is 5.91 Å². The Morgan fingerprint density at radius 2 is 2.04 bits per heavy atom. The summed E-state index contributed by atoms with van der Waals surface area (Å²) in [5.74, 6) is 0.134. The second-order valence-corrected chi connectivity index (χ2v) is 6.26. The van der Waals surface area contributed by atoms with Gasteiger partial charge in [0.15, 0.2) is 5.69 Å². The van der Waals surface area contributed by atoms with E-state index in [9.17, 15) is 4.79 Å². The Hall–Kier alpha value is -2.21. The van der Waals surface area contributed by atoms with Crippen molar-refractivity contribution >= 4 is 11.6 Å². The van der Waals surface area contributed by atoms with Gasteiger partial charge in [-0.2, -0.15) is 0 Å². The van der Waals surface area contributed by atoms with Gasteiger partial charge in [-0.25, -0.2) is 4.68 Å². The van der Waals surface area contributed by atoms with E-state index in [2.05, 4.69) is 34.8 Å². The normalized spacial score (nSPS) is 15.8. The van der Waals surface area contributed by atoms with Crippen LogP contribution in [0.2, 0.25) is 0 Å². The van der Waals surface area contributed by atoms with Crippen molar-refractivity contribution < 1.29 is 4.79 Å². The standard InChI is InChI=1S/C17H23N5O/c1-12(2)14-5-3-4-6-15(14)19-17(23)16-11-22(21-20-16)13-7-9-18-10-8-13/h3-6,11-13,18H,7-10H2,1-2H3,(H,19,23). The SMILES string of the molecule is CC(C)c1ccccc1NC(=O)c1cn(C2CCNCC2)nn1. The Bertz CT molecular complexity index is 673. The third kappa shape index (κ3) is 3.59. The molecule has 0 atom stereocenters. The third-order valence-corrected chi connectivity index (χ3v) is 4.26. The second kappa shape index (κ2) is 6.91. The molecule has 1 amide bonds. The molecule has 6 nitrogen and oxygen atoms in total. The Kier molecular flexibility index (Phi) is 4.71. The number of aromatic nitrogens is 3. The van der Waals surface area contributed by atoms with Gasteiger partial charge in [0, 0.05) is 5.69 Å². The zero-order valence-corrected chi connectivity index (χ0v) is 13.6. The summed E-state index contributed by atoms with van der Waals surface area (Å²) in [6.07, 6.45) is 3.78. The summed E-state index contributed by atoms with van der Waals surface area (Å²) in [6, 6.07) is 8.19. The van der Waals surface area contributed by atoms with Crippen molar-refractivity contribution in [3.8, 4) is 0 Å². The average Bonchev–Trinajstić information content (AvgIpc) is 3.06. The second-order valence-electron chi connectivity index (χ2n) is 6.26. The van der Waals surface area contributed by atoms with Gasteiger partial charge in [0.2, 0.25) is 0 Å². The number of nitrogens with zero attached hydrogens (tertiary/aromatic N) is 3. The molecule has 1 aromatic heterocycles. The Labute approximate surface area is 136 Å². The number of benzene rings is 1. The molecular formula is C17H23N5O. The first-order chi connectivity index (χ1) is 11.1. The van der Waals surface area contributed by atoms with Crippen molar-refractivity contribution in [2.75, 3.05) is 18.4 Å². The van der Waals surface area contributed by atoms with Crippen LogP contribution in [0.3, 0.4) is 0 Å². The molecule has 0 radical (unpaired) electrons. The predicted octanol–water partition coefficient (Wildman–Crippen LogP) is 2.58. The van der Waals surface area contributed by atoms with E-state index >= 15 is 0 Å². The highest BCUT2D eigenvalue weighted by Crippen LogP contribution is 2.24. The maximum Gasteiger partial charge on any atom is 0.277 e. The van der Waals surface area contributed by atoms with Gasteiger partial charge in [-0.15, -0.1) is 5.10 Å². The lowest BCUT2D eigenvalue weighted by molar-refractivity contribution is 0.102. The minimum atomic E-state index is -0.210. The number of piperidine rings is 1. The molecule has 2 aromatic rings. The molecule has 0 bridgehead atoms. The number of anilines is 1. The van der Waals surface area contributed by atoms with E-state index in [1.165, 1.54) is 0 Å². The summed E-state index contributed by atoms with van der Waals surface area (Å²) in [4.78, 5) is 12.4. The number of carbonyl (C=O) groups excluding carboxylic acids is 1. The largest absolute Gasteiger partial charge is 0.320 e. The van der Waals surface area contributed by atoms with Crippen molar-refractivity contribution in [3.63, 3.8) is 0 Å². The van der Waals surface area contributed by atoms with Crippen molar-refractivity contribution in [1.82, 2.24) is 20.3 Å². The van der Waals surface area contributed by atoms with Crippen LogP contribution >= 0.6 is 0 Å². The Morgan fingerprint density at radius 3 is 2.78 bits per heavy atom. The zero-order chi connectivity index (χ0) is 16.2. The lowest BCUT2D eigenvalue weighted by Crippen LogP contribution is -2.29. The molecule has 1 fully saturated rings. The number of para-hydroxylation sites is 1. The van der Waals surface area contributed by atoms with E-state index in [4.69, 9.17) is 0 Å². The highest BCUT2D eigenvalue weighted by atomic mass is 16.2. The third-order valence-electron chi connectivity index (χ3n) is 4.26. The maximum atomic E-state index is 12.4.